The Balaban J connectivity index is 1.82. The van der Waals surface area contributed by atoms with Crippen molar-refractivity contribution in [3.8, 4) is 0 Å². The van der Waals surface area contributed by atoms with Gasteiger partial charge < -0.3 is 0 Å². The van der Waals surface area contributed by atoms with E-state index < -0.39 is 0 Å². The molecule has 3 aromatic rings. The molecular weight excluding hydrogens is 414 g/mol. The minimum atomic E-state index is 0.236. The first-order chi connectivity index (χ1) is 12.2. The van der Waals surface area contributed by atoms with Gasteiger partial charge in [-0.3, -0.25) is 4.99 Å². The van der Waals surface area contributed by atoms with Crippen LogP contribution in [0.15, 0.2) is 87.2 Å². The first-order valence-corrected chi connectivity index (χ1v) is 10.1. The Morgan fingerprint density at radius 1 is 0.920 bits per heavy atom. The van der Waals surface area contributed by atoms with Gasteiger partial charge >= 0.3 is 0 Å². The van der Waals surface area contributed by atoms with Gasteiger partial charge in [0.1, 0.15) is 0 Å². The summed E-state index contributed by atoms with van der Waals surface area (Å²) in [6.07, 6.45) is 0.838. The number of para-hydroxylation sites is 1. The highest BCUT2D eigenvalue weighted by molar-refractivity contribution is 9.10. The van der Waals surface area contributed by atoms with Crippen molar-refractivity contribution < 1.29 is 0 Å². The van der Waals surface area contributed by atoms with Gasteiger partial charge in [-0.25, -0.2) is 0 Å². The molecule has 124 valence electrons. The molecule has 0 bridgehead atoms. The van der Waals surface area contributed by atoms with Crippen molar-refractivity contribution in [2.75, 3.05) is 0 Å². The van der Waals surface area contributed by atoms with Crippen molar-refractivity contribution in [1.82, 2.24) is 0 Å². The topological polar surface area (TPSA) is 12.4 Å². The van der Waals surface area contributed by atoms with Crippen LogP contribution in [0.5, 0.6) is 0 Å². The molecule has 0 saturated carbocycles. The standard InChI is InChI=1S/C21H15BrClNS/c22-15-11-9-14(10-12-15)19-13-21(16-5-1-2-6-17(16)23)25-20-8-4-3-7-18(20)24-19/h1-12,21H,13H2/t21-/m0/s1. The second-order valence-corrected chi connectivity index (χ2v) is 8.43. The number of halogens is 2. The smallest absolute Gasteiger partial charge is 0.0769 e. The van der Waals surface area contributed by atoms with Crippen molar-refractivity contribution in [3.05, 3.63) is 93.4 Å². The van der Waals surface area contributed by atoms with Crippen molar-refractivity contribution in [2.45, 2.75) is 16.6 Å². The van der Waals surface area contributed by atoms with Crippen LogP contribution < -0.4 is 0 Å². The highest BCUT2D eigenvalue weighted by atomic mass is 79.9. The van der Waals surface area contributed by atoms with Crippen molar-refractivity contribution in [3.63, 3.8) is 0 Å². The van der Waals surface area contributed by atoms with E-state index in [0.29, 0.717) is 0 Å². The molecule has 25 heavy (non-hydrogen) atoms. The molecule has 1 aliphatic heterocycles. The van der Waals surface area contributed by atoms with Crippen molar-refractivity contribution in [2.24, 2.45) is 4.99 Å². The van der Waals surface area contributed by atoms with Gasteiger partial charge in [0.2, 0.25) is 0 Å². The van der Waals surface area contributed by atoms with Crippen LogP contribution in [0.1, 0.15) is 22.8 Å². The summed E-state index contributed by atoms with van der Waals surface area (Å²) in [5.41, 5.74) is 4.43. The molecule has 0 aliphatic carbocycles. The number of thioether (sulfide) groups is 1. The predicted octanol–water partition coefficient (Wildman–Crippen LogP) is 7.46. The number of nitrogens with zero attached hydrogens (tertiary/aromatic N) is 1. The van der Waals surface area contributed by atoms with Crippen LogP contribution in [-0.4, -0.2) is 5.71 Å². The van der Waals surface area contributed by atoms with Crippen LogP contribution in [0.2, 0.25) is 5.02 Å². The lowest BCUT2D eigenvalue weighted by molar-refractivity contribution is 1.01. The molecule has 3 aromatic carbocycles. The van der Waals surface area contributed by atoms with Crippen molar-refractivity contribution in [1.29, 1.82) is 0 Å². The number of aliphatic imine (C=N–C) groups is 1. The van der Waals surface area contributed by atoms with E-state index >= 15 is 0 Å². The summed E-state index contributed by atoms with van der Waals surface area (Å²) in [6, 6.07) is 24.8. The van der Waals surface area contributed by atoms with Gasteiger partial charge in [0.25, 0.3) is 0 Å². The Labute approximate surface area is 165 Å². The molecular formula is C21H15BrClNS. The average Bonchev–Trinajstić information content (AvgIpc) is 2.82. The summed E-state index contributed by atoms with van der Waals surface area (Å²) in [4.78, 5) is 6.18. The van der Waals surface area contributed by atoms with Gasteiger partial charge in [-0.1, -0.05) is 70.0 Å². The monoisotopic (exact) mass is 427 g/mol. The highest BCUT2D eigenvalue weighted by Gasteiger charge is 2.23. The molecule has 0 unspecified atom stereocenters. The number of hydrogen-bond donors (Lipinski definition) is 0. The molecule has 0 radical (unpaired) electrons. The lowest BCUT2D eigenvalue weighted by atomic mass is 10.0. The van der Waals surface area contributed by atoms with E-state index in [1.807, 2.05) is 30.0 Å². The molecule has 1 aliphatic rings. The highest BCUT2D eigenvalue weighted by Crippen LogP contribution is 2.47. The fraction of sp³-hybridized carbons (Fsp3) is 0.0952. The molecule has 0 aromatic heterocycles. The first kappa shape index (κ1) is 16.9. The largest absolute Gasteiger partial charge is 0.252 e. The Morgan fingerprint density at radius 3 is 2.44 bits per heavy atom. The minimum absolute atomic E-state index is 0.236. The zero-order valence-corrected chi connectivity index (χ0v) is 16.5. The Morgan fingerprint density at radius 2 is 1.64 bits per heavy atom. The summed E-state index contributed by atoms with van der Waals surface area (Å²) in [6.45, 7) is 0. The zero-order valence-electron chi connectivity index (χ0n) is 13.3. The van der Waals surface area contributed by atoms with Crippen LogP contribution in [0.4, 0.5) is 5.69 Å². The zero-order chi connectivity index (χ0) is 17.2. The predicted molar refractivity (Wildman–Crippen MR) is 111 cm³/mol. The lowest BCUT2D eigenvalue weighted by Gasteiger charge is -2.17. The SMILES string of the molecule is Clc1ccccc1[C@@H]1CC(c2ccc(Br)cc2)=Nc2ccccc2S1. The summed E-state index contributed by atoms with van der Waals surface area (Å²) in [5.74, 6) is 0. The molecule has 4 rings (SSSR count). The summed E-state index contributed by atoms with van der Waals surface area (Å²) in [5, 5.41) is 1.05. The van der Waals surface area contributed by atoms with E-state index in [0.717, 1.165) is 38.4 Å². The average molecular weight is 429 g/mol. The molecule has 4 heteroatoms. The third-order valence-corrected chi connectivity index (χ3v) is 6.38. The van der Waals surface area contributed by atoms with E-state index in [1.54, 1.807) is 0 Å². The normalized spacial score (nSPS) is 16.7. The van der Waals surface area contributed by atoms with Gasteiger partial charge in [-0.15, -0.1) is 11.8 Å². The number of hydrogen-bond acceptors (Lipinski definition) is 2. The maximum atomic E-state index is 6.49. The lowest BCUT2D eigenvalue weighted by Crippen LogP contribution is -2.05. The number of rotatable bonds is 2. The fourth-order valence-electron chi connectivity index (χ4n) is 2.95. The molecule has 0 amide bonds. The van der Waals surface area contributed by atoms with Gasteiger partial charge in [-0.05, 0) is 41.5 Å². The van der Waals surface area contributed by atoms with E-state index in [-0.39, 0.29) is 5.25 Å². The van der Waals surface area contributed by atoms with Gasteiger partial charge in [-0.2, -0.15) is 0 Å². The van der Waals surface area contributed by atoms with Crippen LogP contribution in [-0.2, 0) is 0 Å². The maximum absolute atomic E-state index is 6.49. The van der Waals surface area contributed by atoms with Crippen LogP contribution >= 0.6 is 39.3 Å². The summed E-state index contributed by atoms with van der Waals surface area (Å²) < 4.78 is 1.07. The van der Waals surface area contributed by atoms with Crippen molar-refractivity contribution >= 4 is 50.7 Å². The van der Waals surface area contributed by atoms with Crippen LogP contribution in [0.25, 0.3) is 0 Å². The molecule has 0 N–H and O–H groups in total. The van der Waals surface area contributed by atoms with Crippen LogP contribution in [0.3, 0.4) is 0 Å². The summed E-state index contributed by atoms with van der Waals surface area (Å²) >= 11 is 11.8. The molecule has 0 spiro atoms. The van der Waals surface area contributed by atoms with E-state index in [1.165, 1.54) is 4.90 Å². The summed E-state index contributed by atoms with van der Waals surface area (Å²) in [7, 11) is 0. The van der Waals surface area contributed by atoms with E-state index in [9.17, 15) is 0 Å². The van der Waals surface area contributed by atoms with E-state index in [4.69, 9.17) is 16.6 Å². The Hall–Kier alpha value is -1.55. The number of benzene rings is 3. The number of fused-ring (bicyclic) bond motifs is 1. The Bertz CT molecular complexity index is 937. The minimum Gasteiger partial charge on any atom is -0.252 e. The van der Waals surface area contributed by atoms with E-state index in [2.05, 4.69) is 70.5 Å². The maximum Gasteiger partial charge on any atom is 0.0769 e. The molecule has 1 nitrogen and oxygen atoms in total. The van der Waals surface area contributed by atoms with Gasteiger partial charge in [0.05, 0.1) is 5.69 Å². The Kier molecular flexibility index (Phi) is 4.98. The molecule has 1 atom stereocenters. The molecule has 1 heterocycles. The third-order valence-electron chi connectivity index (χ3n) is 4.20. The van der Waals surface area contributed by atoms with Crippen LogP contribution in [0, 0.1) is 0 Å². The molecule has 0 fully saturated rings. The fourth-order valence-corrected chi connectivity index (χ4v) is 4.81. The second kappa shape index (κ2) is 7.36. The second-order valence-electron chi connectivity index (χ2n) is 5.87. The first-order valence-electron chi connectivity index (χ1n) is 8.04. The molecule has 0 saturated heterocycles. The van der Waals surface area contributed by atoms with Gasteiger partial charge in [0.15, 0.2) is 0 Å². The quantitative estimate of drug-likeness (QED) is 0.412. The van der Waals surface area contributed by atoms with Gasteiger partial charge in [0, 0.05) is 31.8 Å². The third kappa shape index (κ3) is 3.69.